The summed E-state index contributed by atoms with van der Waals surface area (Å²) in [4.78, 5) is 0. The van der Waals surface area contributed by atoms with Crippen LogP contribution < -0.4 is 0 Å². The fraction of sp³-hybridized carbons (Fsp3) is 0.0357. The van der Waals surface area contributed by atoms with E-state index in [4.69, 9.17) is 0 Å². The number of hydrogen-bond acceptors (Lipinski definition) is 0. The molecule has 0 heterocycles. The molecule has 20 rings (SSSR count). The van der Waals surface area contributed by atoms with Crippen molar-refractivity contribution in [3.05, 3.63) is 436 Å². The summed E-state index contributed by atoms with van der Waals surface area (Å²) >= 11 is 0. The van der Waals surface area contributed by atoms with E-state index < -0.39 is 0 Å². The van der Waals surface area contributed by atoms with Gasteiger partial charge in [-0.3, -0.25) is 0 Å². The van der Waals surface area contributed by atoms with Crippen molar-refractivity contribution in [3.63, 3.8) is 0 Å². The Bertz CT molecular complexity index is 6900. The van der Waals surface area contributed by atoms with Gasteiger partial charge in [-0.2, -0.15) is 0 Å². The highest BCUT2D eigenvalue weighted by atomic mass is 14.3. The lowest BCUT2D eigenvalue weighted by molar-refractivity contribution is 0.591. The third-order valence-electron chi connectivity index (χ3n) is 22.6. The summed E-state index contributed by atoms with van der Waals surface area (Å²) in [5.74, 6) is 0. The third kappa shape index (κ3) is 13.2. The standard InChI is InChI=1S/C60H40.C52H40/c1-3-16-41(17-4-1)43-20-13-22-45(36-43)47-24-15-25-51(39-47)53-26-7-8-27-54(53)60-57-30-11-9-28-55(57)59(56-29-10-12-31-58(56)60)52-35-34-49-38-48(32-33-50(49)40-52)46-23-14-21-44(37-46)42-18-5-2-6-19-42;1-52(2,3)43-29-30-48-49(34-43)50(42-28-27-36-17-7-8-18-37(36)33-42)46-25-11-12-26-47(46)51(48)45-24-10-9-23-44(45)41-22-14-21-40(32-41)39-20-13-19-38(31-39)35-15-5-4-6-16-35/h1-40H;4-34H,1-3H3. The van der Waals surface area contributed by atoms with Crippen molar-refractivity contribution in [3.8, 4) is 134 Å². The van der Waals surface area contributed by atoms with Crippen LogP contribution in [0, 0.1) is 0 Å². The number of fused-ring (bicyclic) bond motifs is 6. The van der Waals surface area contributed by atoms with E-state index in [2.05, 4.69) is 451 Å². The topological polar surface area (TPSA) is 0 Å². The summed E-state index contributed by atoms with van der Waals surface area (Å²) in [7, 11) is 0. The molecule has 112 heavy (non-hydrogen) atoms. The lowest BCUT2D eigenvalue weighted by Crippen LogP contribution is -2.10. The van der Waals surface area contributed by atoms with Crippen molar-refractivity contribution < 1.29 is 0 Å². The molecule has 0 bridgehead atoms. The molecule has 0 spiro atoms. The Hall–Kier alpha value is -14.0. The molecule has 0 fully saturated rings. The minimum absolute atomic E-state index is 0.0107. The van der Waals surface area contributed by atoms with E-state index in [-0.39, 0.29) is 5.41 Å². The van der Waals surface area contributed by atoms with Gasteiger partial charge in [-0.15, -0.1) is 0 Å². The highest BCUT2D eigenvalue weighted by Crippen LogP contribution is 2.50. The molecule has 0 N–H and O–H groups in total. The van der Waals surface area contributed by atoms with Crippen LogP contribution in [-0.2, 0) is 5.41 Å². The molecule has 0 unspecified atom stereocenters. The van der Waals surface area contributed by atoms with Crippen molar-refractivity contribution in [2.45, 2.75) is 26.2 Å². The zero-order valence-corrected chi connectivity index (χ0v) is 63.0. The summed E-state index contributed by atoms with van der Waals surface area (Å²) in [5.41, 5.74) is 30.9. The van der Waals surface area contributed by atoms with Crippen molar-refractivity contribution in [2.24, 2.45) is 0 Å². The molecule has 0 nitrogen and oxygen atoms in total. The minimum Gasteiger partial charge on any atom is -0.0622 e. The lowest BCUT2D eigenvalue weighted by atomic mass is 9.80. The van der Waals surface area contributed by atoms with E-state index in [1.165, 1.54) is 204 Å². The Balaban J connectivity index is 0.000000152. The van der Waals surface area contributed by atoms with Gasteiger partial charge in [0, 0.05) is 0 Å². The van der Waals surface area contributed by atoms with Crippen molar-refractivity contribution in [1.82, 2.24) is 0 Å². The number of rotatable bonds is 12. The molecule has 0 aromatic heterocycles. The monoisotopic (exact) mass is 1420 g/mol. The molecule has 20 aromatic rings. The van der Waals surface area contributed by atoms with Crippen LogP contribution in [0.3, 0.4) is 0 Å². The number of hydrogen-bond donors (Lipinski definition) is 0. The summed E-state index contributed by atoms with van der Waals surface area (Å²) in [6, 6.07) is 158. The van der Waals surface area contributed by atoms with E-state index in [0.29, 0.717) is 0 Å². The van der Waals surface area contributed by atoms with Gasteiger partial charge in [-0.05, 0) is 264 Å². The molecule has 0 aliphatic carbocycles. The quantitative estimate of drug-likeness (QED) is 0.107. The molecular formula is C112H80. The fourth-order valence-corrected chi connectivity index (χ4v) is 17.1. The van der Waals surface area contributed by atoms with Gasteiger partial charge in [0.15, 0.2) is 0 Å². The molecule has 0 aliphatic heterocycles. The fourth-order valence-electron chi connectivity index (χ4n) is 17.1. The molecule has 0 saturated heterocycles. The first-order valence-corrected chi connectivity index (χ1v) is 39.0. The van der Waals surface area contributed by atoms with Crippen molar-refractivity contribution in [1.29, 1.82) is 0 Å². The molecule has 0 heteroatoms. The highest BCUT2D eigenvalue weighted by Gasteiger charge is 2.24. The summed E-state index contributed by atoms with van der Waals surface area (Å²) in [6.07, 6.45) is 0. The second-order valence-electron chi connectivity index (χ2n) is 30.6. The predicted molar refractivity (Wildman–Crippen MR) is 482 cm³/mol. The van der Waals surface area contributed by atoms with E-state index in [0.717, 1.165) is 0 Å². The summed E-state index contributed by atoms with van der Waals surface area (Å²) in [5, 5.41) is 15.1. The molecular weight excluding hydrogens is 1350 g/mol. The van der Waals surface area contributed by atoms with Crippen LogP contribution >= 0.6 is 0 Å². The Kier molecular flexibility index (Phi) is 18.0. The Morgan fingerprint density at radius 2 is 0.384 bits per heavy atom. The minimum atomic E-state index is 0.0107. The lowest BCUT2D eigenvalue weighted by Gasteiger charge is -2.24. The summed E-state index contributed by atoms with van der Waals surface area (Å²) in [6.45, 7) is 6.93. The molecule has 20 aromatic carbocycles. The molecule has 528 valence electrons. The highest BCUT2D eigenvalue weighted by molar-refractivity contribution is 6.24. The molecule has 0 amide bonds. The van der Waals surface area contributed by atoms with Gasteiger partial charge in [0.2, 0.25) is 0 Å². The Morgan fingerprint density at radius 3 is 0.777 bits per heavy atom. The van der Waals surface area contributed by atoms with Crippen LogP contribution in [0.25, 0.3) is 198 Å². The van der Waals surface area contributed by atoms with Crippen LogP contribution in [-0.4, -0.2) is 0 Å². The third-order valence-corrected chi connectivity index (χ3v) is 22.6. The normalized spacial score (nSPS) is 11.5. The van der Waals surface area contributed by atoms with Gasteiger partial charge in [0.25, 0.3) is 0 Å². The maximum atomic E-state index is 2.46. The second kappa shape index (κ2) is 29.5. The zero-order valence-electron chi connectivity index (χ0n) is 63.0. The van der Waals surface area contributed by atoms with Crippen LogP contribution in [0.15, 0.2) is 431 Å². The van der Waals surface area contributed by atoms with Gasteiger partial charge in [0.1, 0.15) is 0 Å². The largest absolute Gasteiger partial charge is 0.0622 e. The maximum absolute atomic E-state index is 2.46. The van der Waals surface area contributed by atoms with Crippen LogP contribution in [0.5, 0.6) is 0 Å². The first-order chi connectivity index (χ1) is 55.2. The first-order valence-electron chi connectivity index (χ1n) is 39.0. The van der Waals surface area contributed by atoms with Gasteiger partial charge >= 0.3 is 0 Å². The SMILES string of the molecule is CC(C)(C)c1ccc2c(-c3ccccc3-c3cccc(-c4cccc(-c5ccccc5)c4)c3)c3ccccc3c(-c3ccc4ccccc4c3)c2c1.c1ccc(-c2cccc(-c3cccc(-c4ccccc4-c4c5ccccc5c(-c5ccc6cc(-c7cccc(-c8ccccc8)c7)ccc6c5)c5ccccc45)c3)c2)cc1. The Morgan fingerprint density at radius 1 is 0.134 bits per heavy atom. The van der Waals surface area contributed by atoms with Crippen LogP contribution in [0.1, 0.15) is 26.3 Å². The Labute approximate surface area is 656 Å². The van der Waals surface area contributed by atoms with Gasteiger partial charge in [0.05, 0.1) is 0 Å². The molecule has 0 radical (unpaired) electrons. The summed E-state index contributed by atoms with van der Waals surface area (Å²) < 4.78 is 0. The molecule has 0 saturated carbocycles. The second-order valence-corrected chi connectivity index (χ2v) is 30.6. The van der Waals surface area contributed by atoms with Crippen LogP contribution in [0.2, 0.25) is 0 Å². The van der Waals surface area contributed by atoms with Crippen LogP contribution in [0.4, 0.5) is 0 Å². The molecule has 0 atom stereocenters. The van der Waals surface area contributed by atoms with Crippen molar-refractivity contribution >= 4 is 64.6 Å². The van der Waals surface area contributed by atoms with Crippen molar-refractivity contribution in [2.75, 3.05) is 0 Å². The van der Waals surface area contributed by atoms with E-state index >= 15 is 0 Å². The van der Waals surface area contributed by atoms with Gasteiger partial charge in [-0.1, -0.05) is 397 Å². The average Bonchev–Trinajstić information content (AvgIpc) is 0.732. The van der Waals surface area contributed by atoms with E-state index in [1.54, 1.807) is 0 Å². The average molecular weight is 1430 g/mol. The van der Waals surface area contributed by atoms with Gasteiger partial charge < -0.3 is 0 Å². The predicted octanol–water partition coefficient (Wildman–Crippen LogP) is 31.6. The first kappa shape index (κ1) is 68.5. The maximum Gasteiger partial charge on any atom is -0.00201 e. The smallest absolute Gasteiger partial charge is 0.00201 e. The zero-order chi connectivity index (χ0) is 75.1. The van der Waals surface area contributed by atoms with E-state index in [1.807, 2.05) is 0 Å². The van der Waals surface area contributed by atoms with E-state index in [9.17, 15) is 0 Å². The van der Waals surface area contributed by atoms with Gasteiger partial charge in [-0.25, -0.2) is 0 Å². The number of benzene rings is 20. The molecule has 0 aliphatic rings.